The van der Waals surface area contributed by atoms with Crippen LogP contribution in [0.3, 0.4) is 0 Å². The number of halogens is 3. The standard InChI is InChI=1S/C33H39F3N6O7S/c1-19-12-14-42(39-19)27-11-8-20(33(34,35)36)15-26(27)37-31(46)49-22-16-24-25(17-22)29(44)41(2)13-6-4-3-5-7-21-18-32(21,38-28(24)43)30(45)40-50(47,48)23-9-10-23/h5,7-8,11-12,14-15,21-25H,3-4,6,9-10,13,16-18H2,1-2H3,(H,37,46)(H,38,43)(H,40,45). The lowest BCUT2D eigenvalue weighted by molar-refractivity contribution is -0.140. The van der Waals surface area contributed by atoms with E-state index < -0.39 is 74.3 Å². The quantitative estimate of drug-likeness (QED) is 0.379. The number of sulfonamides is 1. The van der Waals surface area contributed by atoms with E-state index in [1.807, 2.05) is 6.08 Å². The summed E-state index contributed by atoms with van der Waals surface area (Å²) in [6, 6.07) is 4.44. The Bertz CT molecular complexity index is 1830. The molecule has 0 saturated heterocycles. The third kappa shape index (κ3) is 7.51. The molecule has 17 heteroatoms. The molecule has 4 amide bonds. The summed E-state index contributed by atoms with van der Waals surface area (Å²) in [7, 11) is -2.29. The van der Waals surface area contributed by atoms with E-state index in [9.17, 15) is 40.8 Å². The Kier molecular flexibility index (Phi) is 9.47. The fourth-order valence-electron chi connectivity index (χ4n) is 6.74. The van der Waals surface area contributed by atoms with Crippen molar-refractivity contribution in [1.29, 1.82) is 0 Å². The van der Waals surface area contributed by atoms with Gasteiger partial charge >= 0.3 is 12.3 Å². The molecule has 6 rings (SSSR count). The number of rotatable bonds is 6. The van der Waals surface area contributed by atoms with E-state index >= 15 is 0 Å². The van der Waals surface area contributed by atoms with Gasteiger partial charge in [-0.15, -0.1) is 0 Å². The van der Waals surface area contributed by atoms with Crippen LogP contribution in [0.2, 0.25) is 0 Å². The zero-order valence-electron chi connectivity index (χ0n) is 27.5. The van der Waals surface area contributed by atoms with E-state index in [-0.39, 0.29) is 36.5 Å². The van der Waals surface area contributed by atoms with Crippen LogP contribution in [-0.4, -0.2) is 77.4 Å². The Morgan fingerprint density at radius 1 is 1.10 bits per heavy atom. The largest absolute Gasteiger partial charge is 0.446 e. The van der Waals surface area contributed by atoms with E-state index in [1.54, 1.807) is 26.1 Å². The summed E-state index contributed by atoms with van der Waals surface area (Å²) in [4.78, 5) is 55.7. The maximum Gasteiger partial charge on any atom is 0.416 e. The molecule has 1 aromatic heterocycles. The Morgan fingerprint density at radius 3 is 2.52 bits per heavy atom. The fourth-order valence-corrected chi connectivity index (χ4v) is 8.11. The van der Waals surface area contributed by atoms with Crippen molar-refractivity contribution in [3.63, 3.8) is 0 Å². The van der Waals surface area contributed by atoms with Gasteiger partial charge in [0.2, 0.25) is 21.8 Å². The van der Waals surface area contributed by atoms with Gasteiger partial charge in [-0.1, -0.05) is 12.2 Å². The number of carbonyl (C=O) groups excluding carboxylic acids is 4. The summed E-state index contributed by atoms with van der Waals surface area (Å²) in [5, 5.41) is 8.71. The van der Waals surface area contributed by atoms with E-state index in [2.05, 4.69) is 20.5 Å². The van der Waals surface area contributed by atoms with Gasteiger partial charge in [0, 0.05) is 25.7 Å². The molecule has 3 N–H and O–H groups in total. The molecule has 2 heterocycles. The van der Waals surface area contributed by atoms with Gasteiger partial charge in [-0.2, -0.15) is 18.3 Å². The van der Waals surface area contributed by atoms with Crippen LogP contribution in [0.1, 0.15) is 62.6 Å². The Labute approximate surface area is 287 Å². The minimum atomic E-state index is -4.70. The Morgan fingerprint density at radius 2 is 1.84 bits per heavy atom. The summed E-state index contributed by atoms with van der Waals surface area (Å²) in [5.74, 6) is -4.31. The van der Waals surface area contributed by atoms with E-state index in [0.717, 1.165) is 18.6 Å². The minimum absolute atomic E-state index is 0.0545. The van der Waals surface area contributed by atoms with Crippen molar-refractivity contribution in [2.45, 2.75) is 81.4 Å². The maximum atomic E-state index is 13.9. The number of aromatic nitrogens is 2. The van der Waals surface area contributed by atoms with Crippen molar-refractivity contribution in [3.8, 4) is 5.69 Å². The van der Waals surface area contributed by atoms with Gasteiger partial charge in [0.15, 0.2) is 0 Å². The molecule has 270 valence electrons. The molecule has 5 unspecified atom stereocenters. The molecule has 13 nitrogen and oxygen atoms in total. The molecule has 1 aliphatic heterocycles. The number of nitrogens with zero attached hydrogens (tertiary/aromatic N) is 3. The van der Waals surface area contributed by atoms with Crippen molar-refractivity contribution >= 4 is 39.5 Å². The van der Waals surface area contributed by atoms with Crippen LogP contribution >= 0.6 is 0 Å². The third-order valence-electron chi connectivity index (χ3n) is 9.80. The summed E-state index contributed by atoms with van der Waals surface area (Å²) in [6.45, 7) is 2.12. The number of anilines is 1. The smallest absolute Gasteiger partial charge is 0.416 e. The van der Waals surface area contributed by atoms with Gasteiger partial charge < -0.3 is 15.0 Å². The number of aryl methyl sites for hydroxylation is 1. The number of amides is 4. The highest BCUT2D eigenvalue weighted by Gasteiger charge is 2.62. The van der Waals surface area contributed by atoms with Gasteiger partial charge in [-0.3, -0.25) is 24.4 Å². The van der Waals surface area contributed by atoms with Crippen molar-refractivity contribution in [2.75, 3.05) is 18.9 Å². The summed E-state index contributed by atoms with van der Waals surface area (Å²) < 4.78 is 75.1. The predicted molar refractivity (Wildman–Crippen MR) is 173 cm³/mol. The molecule has 0 bridgehead atoms. The molecule has 2 aromatic rings. The molecule has 0 spiro atoms. The Balaban J connectivity index is 1.22. The number of allylic oxidation sites excluding steroid dienone is 1. The van der Waals surface area contributed by atoms with Crippen LogP contribution in [-0.2, 0) is 35.3 Å². The number of carbonyl (C=O) groups is 4. The number of alkyl halides is 3. The topological polar surface area (TPSA) is 169 Å². The molecule has 5 atom stereocenters. The number of ether oxygens (including phenoxy) is 1. The molecular formula is C33H39F3N6O7S. The second kappa shape index (κ2) is 13.4. The fraction of sp³-hybridized carbons (Fsp3) is 0.545. The molecule has 4 aliphatic rings. The van der Waals surface area contributed by atoms with Crippen LogP contribution in [0.15, 0.2) is 42.6 Å². The average molecular weight is 721 g/mol. The van der Waals surface area contributed by atoms with Gasteiger partial charge in [-0.25, -0.2) is 17.9 Å². The SMILES string of the molecule is Cc1ccn(-c2ccc(C(F)(F)F)cc2NC(=O)OC2CC3C(=O)NC4(C(=O)NS(=O)(=O)C5CC5)CC4C=CCCCCN(C)C(=O)C3C2)n1. The van der Waals surface area contributed by atoms with Gasteiger partial charge in [0.05, 0.1) is 39.7 Å². The molecule has 3 fully saturated rings. The second-order valence-corrected chi connectivity index (χ2v) is 15.6. The summed E-state index contributed by atoms with van der Waals surface area (Å²) in [5.41, 5.74) is -2.01. The lowest BCUT2D eigenvalue weighted by Gasteiger charge is -2.26. The zero-order valence-corrected chi connectivity index (χ0v) is 28.4. The van der Waals surface area contributed by atoms with Crippen LogP contribution in [0.5, 0.6) is 0 Å². The molecule has 0 radical (unpaired) electrons. The summed E-state index contributed by atoms with van der Waals surface area (Å²) >= 11 is 0. The predicted octanol–water partition coefficient (Wildman–Crippen LogP) is 3.82. The molecular weight excluding hydrogens is 681 g/mol. The van der Waals surface area contributed by atoms with Crippen LogP contribution in [0.25, 0.3) is 5.69 Å². The van der Waals surface area contributed by atoms with Crippen LogP contribution < -0.4 is 15.4 Å². The first-order valence-corrected chi connectivity index (χ1v) is 18.1. The van der Waals surface area contributed by atoms with Crippen LogP contribution in [0.4, 0.5) is 23.7 Å². The summed E-state index contributed by atoms with van der Waals surface area (Å²) in [6.07, 6.45) is 1.40. The highest BCUT2D eigenvalue weighted by Crippen LogP contribution is 2.47. The van der Waals surface area contributed by atoms with Gasteiger partial charge in [-0.05, 0) is 82.6 Å². The highest BCUT2D eigenvalue weighted by molar-refractivity contribution is 7.91. The zero-order chi connectivity index (χ0) is 36.0. The van der Waals surface area contributed by atoms with Crippen LogP contribution in [0, 0.1) is 24.7 Å². The second-order valence-electron chi connectivity index (χ2n) is 13.6. The van der Waals surface area contributed by atoms with Crippen molar-refractivity contribution in [2.24, 2.45) is 17.8 Å². The monoisotopic (exact) mass is 720 g/mol. The van der Waals surface area contributed by atoms with E-state index in [0.29, 0.717) is 37.9 Å². The molecule has 3 saturated carbocycles. The van der Waals surface area contributed by atoms with Gasteiger partial charge in [0.25, 0.3) is 5.91 Å². The number of hydrogen-bond donors (Lipinski definition) is 3. The van der Waals surface area contributed by atoms with Crippen molar-refractivity contribution < 1.29 is 45.5 Å². The maximum absolute atomic E-state index is 13.9. The van der Waals surface area contributed by atoms with Gasteiger partial charge in [0.1, 0.15) is 11.6 Å². The Hall–Kier alpha value is -4.41. The number of fused-ring (bicyclic) bond motifs is 2. The van der Waals surface area contributed by atoms with E-state index in [1.165, 1.54) is 21.8 Å². The minimum Gasteiger partial charge on any atom is -0.446 e. The number of benzene rings is 1. The first-order chi connectivity index (χ1) is 23.6. The van der Waals surface area contributed by atoms with Crippen molar-refractivity contribution in [3.05, 3.63) is 53.9 Å². The highest BCUT2D eigenvalue weighted by atomic mass is 32.2. The molecule has 1 aromatic carbocycles. The number of hydrogen-bond acceptors (Lipinski definition) is 8. The molecule has 3 aliphatic carbocycles. The van der Waals surface area contributed by atoms with E-state index in [4.69, 9.17) is 4.74 Å². The lowest BCUT2D eigenvalue weighted by atomic mass is 9.93. The third-order valence-corrected chi connectivity index (χ3v) is 11.6. The first kappa shape index (κ1) is 35.4. The average Bonchev–Trinajstić information content (AvgIpc) is 3.93. The number of nitrogens with one attached hydrogen (secondary N) is 3. The molecule has 50 heavy (non-hydrogen) atoms. The normalized spacial score (nSPS) is 27.4. The van der Waals surface area contributed by atoms with Crippen molar-refractivity contribution in [1.82, 2.24) is 24.7 Å². The first-order valence-electron chi connectivity index (χ1n) is 16.6. The lowest BCUT2D eigenvalue weighted by Crippen LogP contribution is -2.54.